The minimum Gasteiger partial charge on any atom is -0.333 e. The molecule has 0 bridgehead atoms. The molecule has 0 N–H and O–H groups in total. The van der Waals surface area contributed by atoms with Crippen molar-refractivity contribution < 1.29 is 0 Å². The van der Waals surface area contributed by atoms with Gasteiger partial charge in [0, 0.05) is 18.9 Å². The average molecular weight is 178 g/mol. The molecule has 0 aliphatic rings. The predicted octanol–water partition coefficient (Wildman–Crippen LogP) is 3.04. The number of rotatable bonds is 3. The van der Waals surface area contributed by atoms with Gasteiger partial charge in [0.15, 0.2) is 0 Å². The SMILES string of the molecule is C=C/C(=C\C)Cn1ccnc1.CC. The Kier molecular flexibility index (Phi) is 6.60. The normalized spacial score (nSPS) is 10.2. The summed E-state index contributed by atoms with van der Waals surface area (Å²) in [4.78, 5) is 3.95. The van der Waals surface area contributed by atoms with Gasteiger partial charge in [-0.05, 0) is 12.5 Å². The first-order chi connectivity index (χ1) is 6.36. The molecule has 0 radical (unpaired) electrons. The van der Waals surface area contributed by atoms with Gasteiger partial charge < -0.3 is 4.57 Å². The van der Waals surface area contributed by atoms with Gasteiger partial charge in [0.2, 0.25) is 0 Å². The van der Waals surface area contributed by atoms with Crippen molar-refractivity contribution in [3.8, 4) is 0 Å². The molecule has 13 heavy (non-hydrogen) atoms. The Morgan fingerprint density at radius 2 is 2.23 bits per heavy atom. The molecule has 0 atom stereocenters. The van der Waals surface area contributed by atoms with Gasteiger partial charge >= 0.3 is 0 Å². The van der Waals surface area contributed by atoms with Crippen LogP contribution in [-0.4, -0.2) is 9.55 Å². The Morgan fingerprint density at radius 1 is 1.54 bits per heavy atom. The van der Waals surface area contributed by atoms with Crippen LogP contribution in [0.2, 0.25) is 0 Å². The van der Waals surface area contributed by atoms with Crippen molar-refractivity contribution in [3.63, 3.8) is 0 Å². The molecule has 0 spiro atoms. The highest BCUT2D eigenvalue weighted by Crippen LogP contribution is 1.99. The molecular weight excluding hydrogens is 160 g/mol. The molecule has 1 heterocycles. The molecular formula is C11H18N2. The summed E-state index contributed by atoms with van der Waals surface area (Å²) in [7, 11) is 0. The summed E-state index contributed by atoms with van der Waals surface area (Å²) < 4.78 is 2.01. The van der Waals surface area contributed by atoms with Crippen LogP contribution in [-0.2, 0) is 6.54 Å². The monoisotopic (exact) mass is 178 g/mol. The molecule has 0 saturated carbocycles. The summed E-state index contributed by atoms with van der Waals surface area (Å²) in [5, 5.41) is 0. The molecule has 0 amide bonds. The van der Waals surface area contributed by atoms with Gasteiger partial charge in [0.25, 0.3) is 0 Å². The zero-order chi connectivity index (χ0) is 10.1. The van der Waals surface area contributed by atoms with Crippen LogP contribution in [0.1, 0.15) is 20.8 Å². The zero-order valence-corrected chi connectivity index (χ0v) is 8.70. The van der Waals surface area contributed by atoms with Crippen molar-refractivity contribution in [1.29, 1.82) is 0 Å². The van der Waals surface area contributed by atoms with Gasteiger partial charge in [-0.1, -0.05) is 32.6 Å². The Bertz CT molecular complexity index is 245. The second kappa shape index (κ2) is 7.35. The van der Waals surface area contributed by atoms with E-state index in [-0.39, 0.29) is 0 Å². The number of allylic oxidation sites excluding steroid dienone is 3. The number of hydrogen-bond acceptors (Lipinski definition) is 1. The third-order valence-electron chi connectivity index (χ3n) is 1.56. The van der Waals surface area contributed by atoms with Crippen LogP contribution in [0.5, 0.6) is 0 Å². The third kappa shape index (κ3) is 4.31. The molecule has 1 aromatic heterocycles. The van der Waals surface area contributed by atoms with Gasteiger partial charge in [-0.25, -0.2) is 4.98 Å². The van der Waals surface area contributed by atoms with Crippen molar-refractivity contribution in [1.82, 2.24) is 9.55 Å². The maximum Gasteiger partial charge on any atom is 0.0949 e. The molecule has 0 unspecified atom stereocenters. The van der Waals surface area contributed by atoms with E-state index in [1.807, 2.05) is 43.7 Å². The van der Waals surface area contributed by atoms with E-state index in [1.165, 1.54) is 5.57 Å². The Balaban J connectivity index is 0.000000671. The molecule has 2 nitrogen and oxygen atoms in total. The maximum absolute atomic E-state index is 3.95. The standard InChI is InChI=1S/C9H12N2.C2H6/c1-3-9(4-2)7-11-6-5-10-8-11;1-2/h3-6,8H,1,7H2,2H3;1-2H3/b9-4+;. The predicted molar refractivity (Wildman–Crippen MR) is 57.5 cm³/mol. The van der Waals surface area contributed by atoms with Crippen molar-refractivity contribution >= 4 is 0 Å². The topological polar surface area (TPSA) is 17.8 Å². The van der Waals surface area contributed by atoms with Gasteiger partial charge in [0.1, 0.15) is 0 Å². The van der Waals surface area contributed by atoms with Crippen molar-refractivity contribution in [2.24, 2.45) is 0 Å². The van der Waals surface area contributed by atoms with Crippen LogP contribution in [0.3, 0.4) is 0 Å². The smallest absolute Gasteiger partial charge is 0.0949 e. The number of hydrogen-bond donors (Lipinski definition) is 0. The van der Waals surface area contributed by atoms with E-state index in [9.17, 15) is 0 Å². The van der Waals surface area contributed by atoms with E-state index in [4.69, 9.17) is 0 Å². The third-order valence-corrected chi connectivity index (χ3v) is 1.56. The molecule has 1 aromatic rings. The molecule has 0 fully saturated rings. The van der Waals surface area contributed by atoms with E-state index < -0.39 is 0 Å². The van der Waals surface area contributed by atoms with Crippen LogP contribution >= 0.6 is 0 Å². The fourth-order valence-corrected chi connectivity index (χ4v) is 0.865. The van der Waals surface area contributed by atoms with E-state index >= 15 is 0 Å². The van der Waals surface area contributed by atoms with Crippen molar-refractivity contribution in [3.05, 3.63) is 43.0 Å². The summed E-state index contributed by atoms with van der Waals surface area (Å²) in [6.07, 6.45) is 9.42. The van der Waals surface area contributed by atoms with Crippen molar-refractivity contribution in [2.45, 2.75) is 27.3 Å². The lowest BCUT2D eigenvalue weighted by atomic mass is 10.2. The molecule has 0 aliphatic carbocycles. The highest BCUT2D eigenvalue weighted by Gasteiger charge is 1.90. The number of nitrogens with zero attached hydrogens (tertiary/aromatic N) is 2. The van der Waals surface area contributed by atoms with Gasteiger partial charge in [-0.2, -0.15) is 0 Å². The first-order valence-corrected chi connectivity index (χ1v) is 4.60. The lowest BCUT2D eigenvalue weighted by Crippen LogP contribution is -1.95. The first kappa shape index (κ1) is 11.7. The molecule has 0 aromatic carbocycles. The summed E-state index contributed by atoms with van der Waals surface area (Å²) in [6, 6.07) is 0. The fourth-order valence-electron chi connectivity index (χ4n) is 0.865. The maximum atomic E-state index is 3.95. The summed E-state index contributed by atoms with van der Waals surface area (Å²) in [6.45, 7) is 10.6. The summed E-state index contributed by atoms with van der Waals surface area (Å²) >= 11 is 0. The first-order valence-electron chi connectivity index (χ1n) is 4.60. The summed E-state index contributed by atoms with van der Waals surface area (Å²) in [5.41, 5.74) is 1.21. The highest BCUT2D eigenvalue weighted by atomic mass is 15.0. The van der Waals surface area contributed by atoms with Crippen LogP contribution in [0.15, 0.2) is 43.0 Å². The Hall–Kier alpha value is -1.31. The minimum absolute atomic E-state index is 0.861. The second-order valence-corrected chi connectivity index (χ2v) is 2.30. The Morgan fingerprint density at radius 3 is 2.62 bits per heavy atom. The molecule has 72 valence electrons. The van der Waals surface area contributed by atoms with E-state index in [0.29, 0.717) is 0 Å². The van der Waals surface area contributed by atoms with E-state index in [2.05, 4.69) is 11.6 Å². The summed E-state index contributed by atoms with van der Waals surface area (Å²) in [5.74, 6) is 0. The van der Waals surface area contributed by atoms with Gasteiger partial charge in [0.05, 0.1) is 6.33 Å². The lowest BCUT2D eigenvalue weighted by molar-refractivity contribution is 0.795. The highest BCUT2D eigenvalue weighted by molar-refractivity contribution is 5.14. The lowest BCUT2D eigenvalue weighted by Gasteiger charge is -2.00. The van der Waals surface area contributed by atoms with Crippen LogP contribution < -0.4 is 0 Å². The van der Waals surface area contributed by atoms with Crippen LogP contribution in [0.4, 0.5) is 0 Å². The Labute approximate surface area is 80.6 Å². The molecule has 0 saturated heterocycles. The largest absolute Gasteiger partial charge is 0.333 e. The zero-order valence-electron chi connectivity index (χ0n) is 8.70. The average Bonchev–Trinajstić information content (AvgIpc) is 2.70. The molecule has 1 rings (SSSR count). The number of imidazole rings is 1. The van der Waals surface area contributed by atoms with Crippen LogP contribution in [0, 0.1) is 0 Å². The van der Waals surface area contributed by atoms with Gasteiger partial charge in [-0.3, -0.25) is 0 Å². The molecule has 0 aliphatic heterocycles. The van der Waals surface area contributed by atoms with E-state index in [1.54, 1.807) is 12.5 Å². The second-order valence-electron chi connectivity index (χ2n) is 2.30. The molecule has 2 heteroatoms. The van der Waals surface area contributed by atoms with Gasteiger partial charge in [-0.15, -0.1) is 0 Å². The quantitative estimate of drug-likeness (QED) is 0.650. The minimum atomic E-state index is 0.861. The van der Waals surface area contributed by atoms with Crippen molar-refractivity contribution in [2.75, 3.05) is 0 Å². The van der Waals surface area contributed by atoms with Crippen LogP contribution in [0.25, 0.3) is 0 Å². The number of aromatic nitrogens is 2. The van der Waals surface area contributed by atoms with E-state index in [0.717, 1.165) is 6.54 Å². The fraction of sp³-hybridized carbons (Fsp3) is 0.364.